The van der Waals surface area contributed by atoms with Gasteiger partial charge in [0.2, 0.25) is 0 Å². The molecule has 2 unspecified atom stereocenters. The van der Waals surface area contributed by atoms with Crippen molar-refractivity contribution in [3.8, 4) is 0 Å². The molecular weight excluding hydrogens is 392 g/mol. The van der Waals surface area contributed by atoms with Gasteiger partial charge in [-0.2, -0.15) is 0 Å². The zero-order valence-corrected chi connectivity index (χ0v) is 22.1. The van der Waals surface area contributed by atoms with Crippen molar-refractivity contribution < 1.29 is 9.39 Å². The van der Waals surface area contributed by atoms with Crippen LogP contribution in [0, 0.1) is 23.2 Å². The van der Waals surface area contributed by atoms with Crippen LogP contribution in [0.1, 0.15) is 137 Å². The van der Waals surface area contributed by atoms with Crippen LogP contribution in [0.5, 0.6) is 0 Å². The minimum absolute atomic E-state index is 0.0291. The first kappa shape index (κ1) is 26.0. The first-order valence-corrected chi connectivity index (χ1v) is 14.7. The van der Waals surface area contributed by atoms with Crippen LogP contribution in [-0.2, 0) is 4.79 Å². The molecule has 4 aliphatic rings. The van der Waals surface area contributed by atoms with E-state index in [1.807, 2.05) is 0 Å². The predicted octanol–water partition coefficient (Wildman–Crippen LogP) is 7.79. The summed E-state index contributed by atoms with van der Waals surface area (Å²) >= 11 is 0. The van der Waals surface area contributed by atoms with Gasteiger partial charge in [0, 0.05) is 0 Å². The van der Waals surface area contributed by atoms with Gasteiger partial charge in [0.25, 0.3) is 5.91 Å². The number of carbonyl (C=O) groups excluding carboxylic acids is 1. The second-order valence-corrected chi connectivity index (χ2v) is 12.2. The Morgan fingerprint density at radius 1 is 0.812 bits per heavy atom. The van der Waals surface area contributed by atoms with Crippen molar-refractivity contribution in [2.45, 2.75) is 143 Å². The highest BCUT2D eigenvalue weighted by Crippen LogP contribution is 2.60. The lowest BCUT2D eigenvalue weighted by molar-refractivity contribution is -0.981. The maximum absolute atomic E-state index is 13.8. The van der Waals surface area contributed by atoms with Crippen molar-refractivity contribution in [2.24, 2.45) is 23.2 Å². The molecule has 0 aromatic heterocycles. The predicted molar refractivity (Wildman–Crippen MR) is 136 cm³/mol. The molecule has 0 aromatic rings. The largest absolute Gasteiger partial charge is 0.271 e. The molecule has 3 heteroatoms. The summed E-state index contributed by atoms with van der Waals surface area (Å²) in [5.74, 6) is 2.93. The molecule has 0 aliphatic heterocycles. The fourth-order valence-corrected chi connectivity index (χ4v) is 7.88. The normalized spacial score (nSPS) is 31.4. The smallest absolute Gasteiger partial charge is 0.269 e. The minimum Gasteiger partial charge on any atom is -0.269 e. The summed E-state index contributed by atoms with van der Waals surface area (Å²) in [5.41, 5.74) is 3.69. The highest BCUT2D eigenvalue weighted by atomic mass is 16.2. The molecule has 0 saturated heterocycles. The standard InChI is InChI=1S/C29H54N2O/c1-5-8-9-10-11-12-13-14-15-16-17-31(7-3,24(4)6-2)30-28(32)29-21-25-18-26(22-29)20-27(19-25)23-29/h24-27H,5-23H2,1-4H3/p+1. The van der Waals surface area contributed by atoms with Gasteiger partial charge in [-0.15, -0.1) is 0 Å². The fourth-order valence-electron chi connectivity index (χ4n) is 7.88. The number of carbonyl (C=O) groups is 1. The quantitative estimate of drug-likeness (QED) is 0.146. The molecule has 1 amide bonds. The lowest BCUT2D eigenvalue weighted by Gasteiger charge is -2.56. The van der Waals surface area contributed by atoms with E-state index in [9.17, 15) is 4.79 Å². The second-order valence-electron chi connectivity index (χ2n) is 12.2. The molecule has 0 spiro atoms. The van der Waals surface area contributed by atoms with E-state index in [0.29, 0.717) is 11.9 Å². The molecule has 4 saturated carbocycles. The molecule has 4 aliphatic carbocycles. The molecule has 1 N–H and O–H groups in total. The van der Waals surface area contributed by atoms with Gasteiger partial charge in [-0.05, 0) is 89.4 Å². The third kappa shape index (κ3) is 6.30. The highest BCUT2D eigenvalue weighted by molar-refractivity contribution is 5.82. The van der Waals surface area contributed by atoms with Gasteiger partial charge < -0.3 is 0 Å². The molecule has 0 heterocycles. The van der Waals surface area contributed by atoms with E-state index >= 15 is 0 Å². The Labute approximate surface area is 200 Å². The zero-order valence-electron chi connectivity index (χ0n) is 22.1. The minimum atomic E-state index is -0.0291. The van der Waals surface area contributed by atoms with E-state index in [2.05, 4.69) is 33.1 Å². The van der Waals surface area contributed by atoms with Crippen LogP contribution in [0.3, 0.4) is 0 Å². The van der Waals surface area contributed by atoms with Crippen molar-refractivity contribution in [1.82, 2.24) is 5.43 Å². The van der Waals surface area contributed by atoms with E-state index in [1.54, 1.807) is 0 Å². The third-order valence-electron chi connectivity index (χ3n) is 9.75. The number of hydrogen-bond acceptors (Lipinski definition) is 1. The monoisotopic (exact) mass is 447 g/mol. The van der Waals surface area contributed by atoms with Crippen LogP contribution in [-0.4, -0.2) is 29.6 Å². The molecule has 2 atom stereocenters. The number of hydrogen-bond donors (Lipinski definition) is 1. The van der Waals surface area contributed by atoms with E-state index in [1.165, 1.54) is 103 Å². The van der Waals surface area contributed by atoms with Gasteiger partial charge in [0.1, 0.15) is 12.6 Å². The van der Waals surface area contributed by atoms with Crippen LogP contribution >= 0.6 is 0 Å². The topological polar surface area (TPSA) is 29.1 Å². The van der Waals surface area contributed by atoms with E-state index in [0.717, 1.165) is 41.9 Å². The summed E-state index contributed by atoms with van der Waals surface area (Å²) in [6.45, 7) is 11.4. The van der Waals surface area contributed by atoms with Crippen molar-refractivity contribution in [1.29, 1.82) is 0 Å². The molecule has 32 heavy (non-hydrogen) atoms. The van der Waals surface area contributed by atoms with Crippen molar-refractivity contribution in [2.75, 3.05) is 13.1 Å². The molecule has 186 valence electrons. The van der Waals surface area contributed by atoms with Gasteiger partial charge in [0.05, 0.1) is 12.0 Å². The van der Waals surface area contributed by atoms with E-state index < -0.39 is 0 Å². The summed E-state index contributed by atoms with van der Waals surface area (Å²) in [6, 6.07) is 0.497. The number of nitrogens with one attached hydrogen (secondary N) is 1. The number of quaternary nitrogens is 1. The van der Waals surface area contributed by atoms with Crippen molar-refractivity contribution in [3.05, 3.63) is 0 Å². The van der Waals surface area contributed by atoms with Crippen LogP contribution in [0.15, 0.2) is 0 Å². The Hall–Kier alpha value is -0.570. The summed E-state index contributed by atoms with van der Waals surface area (Å²) < 4.78 is 0.814. The Morgan fingerprint density at radius 2 is 1.28 bits per heavy atom. The first-order chi connectivity index (χ1) is 15.5. The maximum atomic E-state index is 13.8. The van der Waals surface area contributed by atoms with Gasteiger partial charge in [-0.1, -0.05) is 65.2 Å². The van der Waals surface area contributed by atoms with Crippen molar-refractivity contribution >= 4 is 5.91 Å². The zero-order chi connectivity index (χ0) is 23.0. The average Bonchev–Trinajstić information content (AvgIpc) is 2.78. The molecule has 4 fully saturated rings. The molecule has 3 nitrogen and oxygen atoms in total. The lowest BCUT2D eigenvalue weighted by Crippen LogP contribution is -2.68. The van der Waals surface area contributed by atoms with Gasteiger partial charge in [-0.25, -0.2) is 10.0 Å². The molecule has 4 bridgehead atoms. The fraction of sp³-hybridized carbons (Fsp3) is 0.966. The molecule has 0 aromatic carbocycles. The van der Waals surface area contributed by atoms with Crippen LogP contribution in [0.4, 0.5) is 0 Å². The highest BCUT2D eigenvalue weighted by Gasteiger charge is 2.56. The SMILES string of the molecule is CCCCCCCCCCCC[N+](CC)(NC(=O)C12CC3CC(CC(C3)C1)C2)C(C)CC. The van der Waals surface area contributed by atoms with E-state index in [-0.39, 0.29) is 5.41 Å². The Kier molecular flexibility index (Phi) is 9.95. The average molecular weight is 448 g/mol. The number of amides is 1. The number of unbranched alkanes of at least 4 members (excludes halogenated alkanes) is 9. The van der Waals surface area contributed by atoms with Crippen LogP contribution in [0.2, 0.25) is 0 Å². The second kappa shape index (κ2) is 12.2. The lowest BCUT2D eigenvalue weighted by atomic mass is 9.49. The summed E-state index contributed by atoms with van der Waals surface area (Å²) in [7, 11) is 0. The van der Waals surface area contributed by atoms with Crippen LogP contribution < -0.4 is 5.43 Å². The third-order valence-corrected chi connectivity index (χ3v) is 9.75. The Bertz CT molecular complexity index is 538. The van der Waals surface area contributed by atoms with E-state index in [4.69, 9.17) is 0 Å². The number of nitrogens with zero attached hydrogens (tertiary/aromatic N) is 1. The van der Waals surface area contributed by atoms with Gasteiger partial charge in [-0.3, -0.25) is 4.79 Å². The van der Waals surface area contributed by atoms with Gasteiger partial charge in [0.15, 0.2) is 0 Å². The number of rotatable bonds is 16. The summed E-state index contributed by atoms with van der Waals surface area (Å²) in [5, 5.41) is 0. The summed E-state index contributed by atoms with van der Waals surface area (Å²) in [4.78, 5) is 13.8. The molecule has 4 rings (SSSR count). The Balaban J connectivity index is 1.48. The molecule has 0 radical (unpaired) electrons. The van der Waals surface area contributed by atoms with Gasteiger partial charge >= 0.3 is 0 Å². The summed E-state index contributed by atoms with van der Waals surface area (Å²) in [6.07, 6.45) is 22.6. The Morgan fingerprint density at radius 3 is 1.72 bits per heavy atom. The van der Waals surface area contributed by atoms with Crippen molar-refractivity contribution in [3.63, 3.8) is 0 Å². The first-order valence-electron chi connectivity index (χ1n) is 14.7. The maximum Gasteiger partial charge on any atom is 0.271 e. The molecular formula is C29H55N2O+. The van der Waals surface area contributed by atoms with Crippen LogP contribution in [0.25, 0.3) is 0 Å².